The number of alkyl halides is 5. The van der Waals surface area contributed by atoms with Crippen LogP contribution in [0.5, 0.6) is 0 Å². The van der Waals surface area contributed by atoms with Crippen molar-refractivity contribution in [2.45, 2.75) is 23.4 Å². The number of benzene rings is 2. The van der Waals surface area contributed by atoms with Gasteiger partial charge >= 0.3 is 6.18 Å². The first-order valence-corrected chi connectivity index (χ1v) is 12.6. The summed E-state index contributed by atoms with van der Waals surface area (Å²) < 4.78 is 89.8. The highest BCUT2D eigenvalue weighted by atomic mass is 35.5. The van der Waals surface area contributed by atoms with Crippen molar-refractivity contribution in [1.29, 1.82) is 0 Å². The smallest absolute Gasteiger partial charge is 0.326 e. The zero-order valence-corrected chi connectivity index (χ0v) is 20.7. The molecule has 16 heteroatoms. The molecule has 2 amide bonds. The van der Waals surface area contributed by atoms with Crippen molar-refractivity contribution >= 4 is 73.7 Å². The predicted octanol–water partition coefficient (Wildman–Crippen LogP) is 5.70. The largest absolute Gasteiger partial charge is 0.390 e. The number of carbonyl (C=O) groups is 2. The predicted molar refractivity (Wildman–Crippen MR) is 125 cm³/mol. The molecule has 1 saturated carbocycles. The standard InChI is InChI=1S/C20H15Cl3F5N3O4S/c21-12-2-1-9(29-18(33)11-8-19(11,22)23)7-10(12)17(32)30-14-4-3-13(24)16(15(14)25)31-36(34,35)6-5-20(26,27)28/h1-4,7,11,31H,5-6,8H2,(H,29,33)(H,30,32). The van der Waals surface area contributed by atoms with Gasteiger partial charge in [0.25, 0.3) is 5.91 Å². The van der Waals surface area contributed by atoms with Crippen LogP contribution in [0.25, 0.3) is 0 Å². The minimum Gasteiger partial charge on any atom is -0.326 e. The molecule has 36 heavy (non-hydrogen) atoms. The van der Waals surface area contributed by atoms with Gasteiger partial charge in [0.15, 0.2) is 5.82 Å². The van der Waals surface area contributed by atoms with Crippen molar-refractivity contribution in [3.05, 3.63) is 52.6 Å². The summed E-state index contributed by atoms with van der Waals surface area (Å²) in [4.78, 5) is 24.9. The molecule has 3 rings (SSSR count). The van der Waals surface area contributed by atoms with Crippen molar-refractivity contribution in [3.8, 4) is 0 Å². The molecule has 196 valence electrons. The van der Waals surface area contributed by atoms with Crippen molar-refractivity contribution < 1.29 is 40.0 Å². The molecular weight excluding hydrogens is 580 g/mol. The Morgan fingerprint density at radius 3 is 2.31 bits per heavy atom. The van der Waals surface area contributed by atoms with Crippen LogP contribution in [0.15, 0.2) is 30.3 Å². The summed E-state index contributed by atoms with van der Waals surface area (Å²) in [5, 5.41) is 4.45. The maximum absolute atomic E-state index is 14.8. The van der Waals surface area contributed by atoms with Crippen LogP contribution in [0.1, 0.15) is 23.2 Å². The Bertz CT molecular complexity index is 1320. The zero-order chi connectivity index (χ0) is 27.1. The maximum atomic E-state index is 14.8. The quantitative estimate of drug-likeness (QED) is 0.270. The second-order valence-corrected chi connectivity index (χ2v) is 11.5. The van der Waals surface area contributed by atoms with E-state index in [9.17, 15) is 40.0 Å². The average molecular weight is 595 g/mol. The van der Waals surface area contributed by atoms with Crippen LogP contribution in [0.2, 0.25) is 5.02 Å². The van der Waals surface area contributed by atoms with E-state index in [0.29, 0.717) is 6.07 Å². The van der Waals surface area contributed by atoms with E-state index >= 15 is 0 Å². The first-order chi connectivity index (χ1) is 16.5. The molecule has 0 saturated heterocycles. The highest BCUT2D eigenvalue weighted by molar-refractivity contribution is 7.92. The number of nitrogens with one attached hydrogen (secondary N) is 3. The third-order valence-electron chi connectivity index (χ3n) is 4.87. The fourth-order valence-electron chi connectivity index (χ4n) is 2.89. The summed E-state index contributed by atoms with van der Waals surface area (Å²) >= 11 is 17.7. The Morgan fingerprint density at radius 1 is 1.08 bits per heavy atom. The first-order valence-electron chi connectivity index (χ1n) is 9.84. The number of rotatable bonds is 8. The molecule has 0 spiro atoms. The van der Waals surface area contributed by atoms with E-state index in [1.165, 1.54) is 16.9 Å². The summed E-state index contributed by atoms with van der Waals surface area (Å²) in [6.45, 7) is 0. The van der Waals surface area contributed by atoms with Crippen LogP contribution in [0.3, 0.4) is 0 Å². The van der Waals surface area contributed by atoms with Crippen LogP contribution in [0, 0.1) is 17.6 Å². The van der Waals surface area contributed by atoms with Crippen molar-refractivity contribution in [3.63, 3.8) is 0 Å². The second kappa shape index (κ2) is 10.2. The van der Waals surface area contributed by atoms with E-state index in [0.717, 1.165) is 12.1 Å². The minimum absolute atomic E-state index is 0.114. The molecule has 0 aliphatic heterocycles. The fourth-order valence-corrected chi connectivity index (χ4v) is 4.70. The van der Waals surface area contributed by atoms with Crippen molar-refractivity contribution in [1.82, 2.24) is 0 Å². The lowest BCUT2D eigenvalue weighted by Crippen LogP contribution is -2.23. The van der Waals surface area contributed by atoms with Gasteiger partial charge in [-0.2, -0.15) is 13.2 Å². The number of carbonyl (C=O) groups excluding carboxylic acids is 2. The number of anilines is 3. The van der Waals surface area contributed by atoms with Gasteiger partial charge in [0, 0.05) is 5.69 Å². The maximum Gasteiger partial charge on any atom is 0.390 e. The van der Waals surface area contributed by atoms with Gasteiger partial charge in [-0.25, -0.2) is 17.2 Å². The van der Waals surface area contributed by atoms with Crippen molar-refractivity contribution in [2.24, 2.45) is 5.92 Å². The van der Waals surface area contributed by atoms with Crippen LogP contribution >= 0.6 is 34.8 Å². The number of hydrogen-bond acceptors (Lipinski definition) is 4. The summed E-state index contributed by atoms with van der Waals surface area (Å²) in [5.41, 5.74) is -2.10. The molecule has 2 aromatic carbocycles. The molecule has 1 aliphatic carbocycles. The molecule has 1 unspecified atom stereocenters. The first kappa shape index (κ1) is 28.2. The molecule has 2 aromatic rings. The monoisotopic (exact) mass is 593 g/mol. The highest BCUT2D eigenvalue weighted by Gasteiger charge is 2.56. The summed E-state index contributed by atoms with van der Waals surface area (Å²) in [6, 6.07) is 5.15. The lowest BCUT2D eigenvalue weighted by molar-refractivity contribution is -0.130. The third kappa shape index (κ3) is 7.11. The second-order valence-electron chi connectivity index (χ2n) is 7.73. The molecule has 1 fully saturated rings. The highest BCUT2D eigenvalue weighted by Crippen LogP contribution is 2.53. The van der Waals surface area contributed by atoms with Crippen LogP contribution in [-0.4, -0.2) is 36.5 Å². The van der Waals surface area contributed by atoms with Crippen LogP contribution in [-0.2, 0) is 14.8 Å². The number of hydrogen-bond donors (Lipinski definition) is 3. The van der Waals surface area contributed by atoms with E-state index in [1.54, 1.807) is 0 Å². The summed E-state index contributed by atoms with van der Waals surface area (Å²) in [5.74, 6) is -6.70. The molecule has 7 nitrogen and oxygen atoms in total. The van der Waals surface area contributed by atoms with Crippen LogP contribution in [0.4, 0.5) is 39.0 Å². The fraction of sp³-hybridized carbons (Fsp3) is 0.300. The van der Waals surface area contributed by atoms with Gasteiger partial charge in [0.1, 0.15) is 15.8 Å². The summed E-state index contributed by atoms with van der Waals surface area (Å²) in [7, 11) is -4.79. The molecule has 0 bridgehead atoms. The van der Waals surface area contributed by atoms with E-state index in [1.807, 2.05) is 0 Å². The lowest BCUT2D eigenvalue weighted by Gasteiger charge is -2.14. The van der Waals surface area contributed by atoms with Crippen LogP contribution < -0.4 is 15.4 Å². The Balaban J connectivity index is 1.78. The van der Waals surface area contributed by atoms with Gasteiger partial charge in [-0.15, -0.1) is 23.2 Å². The van der Waals surface area contributed by atoms with Gasteiger partial charge in [-0.1, -0.05) is 11.6 Å². The van der Waals surface area contributed by atoms with Gasteiger partial charge in [0.2, 0.25) is 15.9 Å². The molecule has 3 N–H and O–H groups in total. The normalized spacial score (nSPS) is 16.8. The lowest BCUT2D eigenvalue weighted by atomic mass is 10.1. The van der Waals surface area contributed by atoms with E-state index < -0.39 is 73.4 Å². The SMILES string of the molecule is O=C(Nc1ccc(F)c(NS(=O)(=O)CCC(F)(F)F)c1F)c1cc(NC(=O)C2CC2(Cl)Cl)ccc1Cl. The number of sulfonamides is 1. The Hall–Kier alpha value is -2.35. The van der Waals surface area contributed by atoms with Gasteiger partial charge in [-0.05, 0) is 36.8 Å². The van der Waals surface area contributed by atoms with Gasteiger partial charge < -0.3 is 10.6 Å². The van der Waals surface area contributed by atoms with Gasteiger partial charge in [-0.3, -0.25) is 14.3 Å². The Labute approximate surface area is 216 Å². The Morgan fingerprint density at radius 2 is 1.72 bits per heavy atom. The average Bonchev–Trinajstić information content (AvgIpc) is 3.41. The third-order valence-corrected chi connectivity index (χ3v) is 7.29. The van der Waals surface area contributed by atoms with E-state index in [-0.39, 0.29) is 22.7 Å². The minimum atomic E-state index is -4.81. The molecule has 1 aliphatic rings. The van der Waals surface area contributed by atoms with E-state index in [2.05, 4.69) is 10.6 Å². The van der Waals surface area contributed by atoms with Crippen molar-refractivity contribution in [2.75, 3.05) is 21.1 Å². The Kier molecular flexibility index (Phi) is 7.99. The summed E-state index contributed by atoms with van der Waals surface area (Å²) in [6.07, 6.45) is -6.33. The topological polar surface area (TPSA) is 104 Å². The number of halogens is 8. The molecule has 0 aromatic heterocycles. The number of amides is 2. The molecule has 1 atom stereocenters. The molecule has 0 heterocycles. The zero-order valence-electron chi connectivity index (χ0n) is 17.7. The molecular formula is C20H15Cl3F5N3O4S. The van der Waals surface area contributed by atoms with Gasteiger partial charge in [0.05, 0.1) is 34.4 Å². The molecule has 0 radical (unpaired) electrons. The van der Waals surface area contributed by atoms with E-state index in [4.69, 9.17) is 34.8 Å².